The molecule has 1 aliphatic heterocycles. The summed E-state index contributed by atoms with van der Waals surface area (Å²) in [6.45, 7) is 7.89. The first-order valence-corrected chi connectivity index (χ1v) is 6.64. The van der Waals surface area contributed by atoms with Gasteiger partial charge in [-0.1, -0.05) is 23.8 Å². The number of benzene rings is 1. The highest BCUT2D eigenvalue weighted by molar-refractivity contribution is 5.30. The van der Waals surface area contributed by atoms with E-state index in [9.17, 15) is 0 Å². The van der Waals surface area contributed by atoms with Crippen molar-refractivity contribution in [3.8, 4) is 0 Å². The predicted octanol–water partition coefficient (Wildman–Crippen LogP) is 2.14. The maximum Gasteiger partial charge on any atom is 0.0229 e. The maximum absolute atomic E-state index is 3.43. The van der Waals surface area contributed by atoms with Crippen molar-refractivity contribution in [1.29, 1.82) is 0 Å². The van der Waals surface area contributed by atoms with Crippen LogP contribution in [0.5, 0.6) is 0 Å². The topological polar surface area (TPSA) is 15.3 Å². The van der Waals surface area contributed by atoms with E-state index in [2.05, 4.69) is 49.3 Å². The summed E-state index contributed by atoms with van der Waals surface area (Å²) in [5, 5.41) is 3.43. The van der Waals surface area contributed by atoms with Crippen LogP contribution in [0.4, 0.5) is 0 Å². The predicted molar refractivity (Wildman–Crippen MR) is 73.5 cm³/mol. The number of hydrogen-bond acceptors (Lipinski definition) is 2. The second kappa shape index (κ2) is 5.65. The molecule has 1 aromatic rings. The van der Waals surface area contributed by atoms with E-state index < -0.39 is 0 Å². The number of nitrogens with zero attached hydrogens (tertiary/aromatic N) is 1. The average molecular weight is 232 g/mol. The Kier molecular flexibility index (Phi) is 4.19. The van der Waals surface area contributed by atoms with Crippen molar-refractivity contribution in [2.45, 2.75) is 32.7 Å². The smallest absolute Gasteiger partial charge is 0.0229 e. The summed E-state index contributed by atoms with van der Waals surface area (Å²) >= 11 is 0. The lowest BCUT2D eigenvalue weighted by Gasteiger charge is -2.23. The summed E-state index contributed by atoms with van der Waals surface area (Å²) < 4.78 is 0. The van der Waals surface area contributed by atoms with Crippen LogP contribution in [0.15, 0.2) is 18.2 Å². The Bertz CT molecular complexity index is 367. The van der Waals surface area contributed by atoms with E-state index in [0.717, 1.165) is 19.1 Å². The molecule has 2 heteroatoms. The summed E-state index contributed by atoms with van der Waals surface area (Å²) in [5.41, 5.74) is 4.30. The van der Waals surface area contributed by atoms with E-state index in [1.54, 1.807) is 0 Å². The fourth-order valence-corrected chi connectivity index (χ4v) is 2.56. The molecule has 1 atom stereocenters. The Labute approximate surface area is 105 Å². The quantitative estimate of drug-likeness (QED) is 0.855. The van der Waals surface area contributed by atoms with E-state index in [-0.39, 0.29) is 0 Å². The average Bonchev–Trinajstić information content (AvgIpc) is 2.83. The first kappa shape index (κ1) is 12.6. The molecule has 17 heavy (non-hydrogen) atoms. The van der Waals surface area contributed by atoms with Gasteiger partial charge < -0.3 is 10.2 Å². The number of likely N-dealkylation sites (N-methyl/N-ethyl adjacent to an activating group) is 1. The van der Waals surface area contributed by atoms with Gasteiger partial charge in [0.25, 0.3) is 0 Å². The Morgan fingerprint density at radius 3 is 2.88 bits per heavy atom. The highest BCUT2D eigenvalue weighted by Gasteiger charge is 2.18. The zero-order valence-electron chi connectivity index (χ0n) is 11.3. The Hall–Kier alpha value is -0.860. The van der Waals surface area contributed by atoms with Crippen LogP contribution in [-0.4, -0.2) is 37.6 Å². The lowest BCUT2D eigenvalue weighted by molar-refractivity contribution is 0.260. The van der Waals surface area contributed by atoms with E-state index in [1.165, 1.54) is 36.1 Å². The van der Waals surface area contributed by atoms with Crippen LogP contribution in [0.1, 0.15) is 23.1 Å². The molecule has 0 saturated carbocycles. The Morgan fingerprint density at radius 1 is 1.35 bits per heavy atom. The van der Waals surface area contributed by atoms with Gasteiger partial charge in [0.2, 0.25) is 0 Å². The van der Waals surface area contributed by atoms with Gasteiger partial charge in [0, 0.05) is 19.1 Å². The lowest BCUT2D eigenvalue weighted by Crippen LogP contribution is -2.34. The van der Waals surface area contributed by atoms with Crippen LogP contribution in [0, 0.1) is 13.8 Å². The van der Waals surface area contributed by atoms with Crippen molar-refractivity contribution in [1.82, 2.24) is 10.2 Å². The molecule has 2 nitrogen and oxygen atoms in total. The molecule has 2 rings (SSSR count). The molecule has 94 valence electrons. The molecule has 1 N–H and O–H groups in total. The number of rotatable bonds is 4. The molecule has 0 aromatic heterocycles. The van der Waals surface area contributed by atoms with Crippen LogP contribution < -0.4 is 5.32 Å². The number of hydrogen-bond donors (Lipinski definition) is 1. The van der Waals surface area contributed by atoms with Crippen LogP contribution in [0.25, 0.3) is 0 Å². The fourth-order valence-electron chi connectivity index (χ4n) is 2.56. The first-order chi connectivity index (χ1) is 8.16. The highest BCUT2D eigenvalue weighted by atomic mass is 15.2. The summed E-state index contributed by atoms with van der Waals surface area (Å²) in [5.74, 6) is 0. The molecule has 1 aliphatic rings. The van der Waals surface area contributed by atoms with Crippen LogP contribution >= 0.6 is 0 Å². The third kappa shape index (κ3) is 3.30. The van der Waals surface area contributed by atoms with Crippen molar-refractivity contribution in [3.05, 3.63) is 34.9 Å². The number of nitrogens with one attached hydrogen (secondary N) is 1. The summed E-state index contributed by atoms with van der Waals surface area (Å²) in [6, 6.07) is 7.50. The van der Waals surface area contributed by atoms with Crippen molar-refractivity contribution in [2.24, 2.45) is 0 Å². The molecule has 0 amide bonds. The molecule has 1 unspecified atom stereocenters. The molecule has 0 aliphatic carbocycles. The lowest BCUT2D eigenvalue weighted by atomic mass is 10.0. The minimum absolute atomic E-state index is 0.736. The minimum atomic E-state index is 0.736. The van der Waals surface area contributed by atoms with Crippen molar-refractivity contribution >= 4 is 0 Å². The second-order valence-electron chi connectivity index (χ2n) is 5.31. The van der Waals surface area contributed by atoms with Gasteiger partial charge in [0.05, 0.1) is 0 Å². The molecule has 0 spiro atoms. The Morgan fingerprint density at radius 2 is 2.18 bits per heavy atom. The van der Waals surface area contributed by atoms with E-state index in [0.29, 0.717) is 0 Å². The van der Waals surface area contributed by atoms with Crippen molar-refractivity contribution < 1.29 is 0 Å². The van der Waals surface area contributed by atoms with E-state index in [1.807, 2.05) is 0 Å². The van der Waals surface area contributed by atoms with Gasteiger partial charge in [-0.25, -0.2) is 0 Å². The molecule has 1 fully saturated rings. The second-order valence-corrected chi connectivity index (χ2v) is 5.31. The molecule has 0 bridgehead atoms. The third-order valence-corrected chi connectivity index (χ3v) is 3.90. The van der Waals surface area contributed by atoms with Crippen LogP contribution in [0.2, 0.25) is 0 Å². The number of aryl methyl sites for hydroxylation is 2. The van der Waals surface area contributed by atoms with Crippen molar-refractivity contribution in [2.75, 3.05) is 26.7 Å². The molecular weight excluding hydrogens is 208 g/mol. The third-order valence-electron chi connectivity index (χ3n) is 3.90. The first-order valence-electron chi connectivity index (χ1n) is 6.64. The van der Waals surface area contributed by atoms with Gasteiger partial charge >= 0.3 is 0 Å². The van der Waals surface area contributed by atoms with Gasteiger partial charge in [-0.05, 0) is 51.4 Å². The molecule has 1 heterocycles. The van der Waals surface area contributed by atoms with Crippen molar-refractivity contribution in [3.63, 3.8) is 0 Å². The van der Waals surface area contributed by atoms with Gasteiger partial charge in [-0.15, -0.1) is 0 Å². The van der Waals surface area contributed by atoms with E-state index >= 15 is 0 Å². The van der Waals surface area contributed by atoms with Gasteiger partial charge in [0.15, 0.2) is 0 Å². The summed E-state index contributed by atoms with van der Waals surface area (Å²) in [7, 11) is 2.25. The summed E-state index contributed by atoms with van der Waals surface area (Å²) in [6.07, 6.45) is 2.46. The minimum Gasteiger partial charge on any atom is -0.315 e. The monoisotopic (exact) mass is 232 g/mol. The molecule has 1 aromatic carbocycles. The van der Waals surface area contributed by atoms with Crippen LogP contribution in [-0.2, 0) is 6.42 Å². The standard InChI is InChI=1S/C15H24N2/c1-12-4-5-13(2)14(10-12)7-9-17(3)15-6-8-16-11-15/h4-5,10,15-16H,6-9,11H2,1-3H3. The van der Waals surface area contributed by atoms with Crippen LogP contribution in [0.3, 0.4) is 0 Å². The SMILES string of the molecule is Cc1ccc(C)c(CCN(C)C2CCNC2)c1. The van der Waals surface area contributed by atoms with Gasteiger partial charge in [-0.2, -0.15) is 0 Å². The molecule has 0 radical (unpaired) electrons. The zero-order chi connectivity index (χ0) is 12.3. The van der Waals surface area contributed by atoms with Gasteiger partial charge in [0.1, 0.15) is 0 Å². The van der Waals surface area contributed by atoms with Gasteiger partial charge in [-0.3, -0.25) is 0 Å². The summed E-state index contributed by atoms with van der Waals surface area (Å²) in [4.78, 5) is 2.50. The normalized spacial score (nSPS) is 20.1. The molecule has 1 saturated heterocycles. The zero-order valence-corrected chi connectivity index (χ0v) is 11.3. The fraction of sp³-hybridized carbons (Fsp3) is 0.600. The highest BCUT2D eigenvalue weighted by Crippen LogP contribution is 2.13. The van der Waals surface area contributed by atoms with E-state index in [4.69, 9.17) is 0 Å². The maximum atomic E-state index is 3.43. The largest absolute Gasteiger partial charge is 0.315 e. The molecular formula is C15H24N2. The Balaban J connectivity index is 1.90.